The monoisotopic (exact) mass is 810 g/mol. The Hall–Kier alpha value is -5.58. The van der Waals surface area contributed by atoms with Gasteiger partial charge in [-0.3, -0.25) is 39.1 Å². The third-order valence-electron chi connectivity index (χ3n) is 11.5. The SMILES string of the molecule is CC(=O)COc1cc2cc(Nc3nc(N4CCN(CCCN5CCN(c6ccc7c(c6)CN(C6CCC(=O)NC6=O)C7=O)CC5)CC4)ncc3Cl)ccc2n(C)c1=O. The maximum atomic E-state index is 13.1. The Morgan fingerprint density at radius 1 is 0.931 bits per heavy atom. The summed E-state index contributed by atoms with van der Waals surface area (Å²) in [6.45, 7) is 10.8. The minimum atomic E-state index is -0.607. The number of nitrogens with one attached hydrogen (secondary N) is 2. The minimum Gasteiger partial charge on any atom is -0.480 e. The molecule has 6 heterocycles. The number of ether oxygens (including phenoxy) is 1. The van der Waals surface area contributed by atoms with Gasteiger partial charge in [0.1, 0.15) is 17.7 Å². The van der Waals surface area contributed by atoms with Crippen LogP contribution in [0.3, 0.4) is 0 Å². The predicted molar refractivity (Wildman–Crippen MR) is 220 cm³/mol. The number of nitrogens with zero attached hydrogens (tertiary/aromatic N) is 8. The smallest absolute Gasteiger partial charge is 0.293 e. The highest BCUT2D eigenvalue weighted by atomic mass is 35.5. The molecule has 0 bridgehead atoms. The van der Waals surface area contributed by atoms with Crippen molar-refractivity contribution in [1.29, 1.82) is 0 Å². The van der Waals surface area contributed by atoms with Gasteiger partial charge in [0, 0.05) is 94.7 Å². The van der Waals surface area contributed by atoms with Crippen molar-refractivity contribution in [3.05, 3.63) is 75.2 Å². The van der Waals surface area contributed by atoms with E-state index in [1.807, 2.05) is 30.3 Å². The molecule has 304 valence electrons. The Labute approximate surface area is 340 Å². The third-order valence-corrected chi connectivity index (χ3v) is 11.7. The molecule has 1 unspecified atom stereocenters. The molecule has 58 heavy (non-hydrogen) atoms. The second-order valence-electron chi connectivity index (χ2n) is 15.4. The van der Waals surface area contributed by atoms with Crippen LogP contribution in [0.2, 0.25) is 5.02 Å². The molecule has 2 aromatic heterocycles. The summed E-state index contributed by atoms with van der Waals surface area (Å²) in [5, 5.41) is 6.82. The molecule has 0 spiro atoms. The van der Waals surface area contributed by atoms with E-state index >= 15 is 0 Å². The van der Waals surface area contributed by atoms with Crippen molar-refractivity contribution in [3.8, 4) is 5.75 Å². The van der Waals surface area contributed by atoms with Gasteiger partial charge in [-0.1, -0.05) is 11.6 Å². The third kappa shape index (κ3) is 8.35. The molecule has 4 aliphatic rings. The zero-order valence-corrected chi connectivity index (χ0v) is 33.5. The highest BCUT2D eigenvalue weighted by molar-refractivity contribution is 6.33. The summed E-state index contributed by atoms with van der Waals surface area (Å²) in [4.78, 5) is 81.8. The number of hydrogen-bond donors (Lipinski definition) is 2. The van der Waals surface area contributed by atoms with Crippen molar-refractivity contribution in [2.75, 3.05) is 87.2 Å². The van der Waals surface area contributed by atoms with E-state index in [9.17, 15) is 24.0 Å². The van der Waals surface area contributed by atoms with Crippen LogP contribution in [-0.4, -0.2) is 131 Å². The van der Waals surface area contributed by atoms with Gasteiger partial charge in [0.25, 0.3) is 11.5 Å². The molecule has 2 aromatic carbocycles. The molecule has 3 saturated heterocycles. The number of pyridine rings is 1. The van der Waals surface area contributed by atoms with E-state index in [1.54, 1.807) is 24.2 Å². The topological polar surface area (TPSA) is 166 Å². The van der Waals surface area contributed by atoms with E-state index in [2.05, 4.69) is 41.3 Å². The lowest BCUT2D eigenvalue weighted by atomic mass is 10.0. The van der Waals surface area contributed by atoms with E-state index in [1.165, 1.54) is 11.5 Å². The van der Waals surface area contributed by atoms with Crippen LogP contribution in [0.15, 0.2) is 53.5 Å². The van der Waals surface area contributed by atoms with Crippen LogP contribution < -0.4 is 30.7 Å². The highest BCUT2D eigenvalue weighted by Gasteiger charge is 2.39. The lowest BCUT2D eigenvalue weighted by molar-refractivity contribution is -0.137. The van der Waals surface area contributed by atoms with Crippen molar-refractivity contribution in [2.24, 2.45) is 7.05 Å². The lowest BCUT2D eigenvalue weighted by Gasteiger charge is -2.37. The molecule has 0 aliphatic carbocycles. The molecule has 1 atom stereocenters. The van der Waals surface area contributed by atoms with Gasteiger partial charge in [0.05, 0.1) is 11.7 Å². The summed E-state index contributed by atoms with van der Waals surface area (Å²) in [7, 11) is 1.67. The Morgan fingerprint density at radius 2 is 1.66 bits per heavy atom. The fraction of sp³-hybridized carbons (Fsp3) is 0.439. The summed E-state index contributed by atoms with van der Waals surface area (Å²) in [5.41, 5.74) is 3.79. The van der Waals surface area contributed by atoms with Crippen LogP contribution in [0.25, 0.3) is 10.9 Å². The summed E-state index contributed by atoms with van der Waals surface area (Å²) >= 11 is 6.54. The highest BCUT2D eigenvalue weighted by Crippen LogP contribution is 2.32. The predicted octanol–water partition coefficient (Wildman–Crippen LogP) is 2.79. The Bertz CT molecular complexity index is 2320. The average Bonchev–Trinajstić information content (AvgIpc) is 3.54. The van der Waals surface area contributed by atoms with Gasteiger partial charge in [-0.15, -0.1) is 0 Å². The van der Waals surface area contributed by atoms with E-state index < -0.39 is 11.9 Å². The van der Waals surface area contributed by atoms with Gasteiger partial charge in [-0.05, 0) is 80.9 Å². The van der Waals surface area contributed by atoms with Crippen molar-refractivity contribution in [2.45, 2.75) is 38.8 Å². The number of piperidine rings is 1. The largest absolute Gasteiger partial charge is 0.480 e. The first-order valence-electron chi connectivity index (χ1n) is 19.8. The number of anilines is 4. The van der Waals surface area contributed by atoms with Gasteiger partial charge in [0.2, 0.25) is 17.8 Å². The van der Waals surface area contributed by atoms with Gasteiger partial charge in [-0.25, -0.2) is 4.98 Å². The Balaban J connectivity index is 0.788. The normalized spacial score (nSPS) is 19.1. The quantitative estimate of drug-likeness (QED) is 0.201. The maximum absolute atomic E-state index is 13.1. The summed E-state index contributed by atoms with van der Waals surface area (Å²) in [6, 6.07) is 12.6. The number of aryl methyl sites for hydroxylation is 1. The average molecular weight is 811 g/mol. The van der Waals surface area contributed by atoms with Gasteiger partial charge in [0.15, 0.2) is 17.4 Å². The molecule has 4 aliphatic heterocycles. The first-order chi connectivity index (χ1) is 28.0. The maximum Gasteiger partial charge on any atom is 0.293 e. The van der Waals surface area contributed by atoms with Crippen molar-refractivity contribution >= 4 is 69.1 Å². The molecule has 3 fully saturated rings. The number of ketones is 1. The number of halogens is 1. The number of Topliss-reactive ketones (excluding diaryl/α,β-unsaturated/α-hetero) is 1. The fourth-order valence-electron chi connectivity index (χ4n) is 8.22. The number of amides is 3. The Kier molecular flexibility index (Phi) is 11.3. The zero-order chi connectivity index (χ0) is 40.5. The number of benzene rings is 2. The molecule has 0 saturated carbocycles. The summed E-state index contributed by atoms with van der Waals surface area (Å²) < 4.78 is 6.97. The number of carbonyl (C=O) groups excluding carboxylic acids is 4. The first kappa shape index (κ1) is 39.3. The number of imide groups is 1. The summed E-state index contributed by atoms with van der Waals surface area (Å²) in [6.07, 6.45) is 3.29. The van der Waals surface area contributed by atoms with Crippen LogP contribution in [0, 0.1) is 0 Å². The number of carbonyl (C=O) groups is 4. The summed E-state index contributed by atoms with van der Waals surface area (Å²) in [5.74, 6) is 0.205. The number of rotatable bonds is 12. The van der Waals surface area contributed by atoms with E-state index in [0.29, 0.717) is 35.3 Å². The first-order valence-corrected chi connectivity index (χ1v) is 20.2. The second kappa shape index (κ2) is 16.7. The molecule has 17 heteroatoms. The van der Waals surface area contributed by atoms with Crippen LogP contribution in [0.1, 0.15) is 42.1 Å². The number of aromatic nitrogens is 3. The molecule has 2 N–H and O–H groups in total. The number of hydrogen-bond acceptors (Lipinski definition) is 13. The molecule has 0 radical (unpaired) electrons. The standard InChI is InChI=1S/C41H47ClN10O6/c1-26(53)25-58-35-22-27-20-29(4-7-33(27)47(2)40(35)57)44-37-32(42)23-43-41(46-37)51-18-14-49(15-19-51)11-3-10-48-12-16-50(17-13-48)30-5-6-31-28(21-30)24-52(39(31)56)34-8-9-36(54)45-38(34)55/h4-7,20-23,34H,3,8-19,24-25H2,1-2H3,(H,43,44,46)(H,45,54,55). The molecule has 4 aromatic rings. The molecule has 8 rings (SSSR count). The number of piperazine rings is 2. The van der Waals surface area contributed by atoms with Crippen LogP contribution in [0.5, 0.6) is 5.75 Å². The Morgan fingerprint density at radius 3 is 2.36 bits per heavy atom. The minimum absolute atomic E-state index is 0.110. The van der Waals surface area contributed by atoms with Crippen LogP contribution in [-0.2, 0) is 28.0 Å². The van der Waals surface area contributed by atoms with Crippen LogP contribution >= 0.6 is 11.6 Å². The van der Waals surface area contributed by atoms with Gasteiger partial charge in [-0.2, -0.15) is 4.98 Å². The second-order valence-corrected chi connectivity index (χ2v) is 15.8. The van der Waals surface area contributed by atoms with Crippen LogP contribution in [0.4, 0.5) is 23.1 Å². The molecular weight excluding hydrogens is 764 g/mol. The van der Waals surface area contributed by atoms with Gasteiger partial charge < -0.3 is 29.3 Å². The number of fused-ring (bicyclic) bond motifs is 2. The lowest BCUT2D eigenvalue weighted by Crippen LogP contribution is -2.52. The van der Waals surface area contributed by atoms with Crippen molar-refractivity contribution in [3.63, 3.8) is 0 Å². The molecule has 3 amide bonds. The fourth-order valence-corrected chi connectivity index (χ4v) is 8.36. The molecule has 16 nitrogen and oxygen atoms in total. The van der Waals surface area contributed by atoms with E-state index in [0.717, 1.165) is 99.7 Å². The van der Waals surface area contributed by atoms with E-state index in [-0.39, 0.29) is 41.9 Å². The zero-order valence-electron chi connectivity index (χ0n) is 32.7. The molecular formula is C41H47ClN10O6. The van der Waals surface area contributed by atoms with Crippen molar-refractivity contribution < 1.29 is 23.9 Å². The van der Waals surface area contributed by atoms with E-state index in [4.69, 9.17) is 21.3 Å². The van der Waals surface area contributed by atoms with Crippen molar-refractivity contribution in [1.82, 2.24) is 34.6 Å². The van der Waals surface area contributed by atoms with Gasteiger partial charge >= 0.3 is 0 Å².